The molecule has 0 amide bonds. The normalized spacial score (nSPS) is 11.4. The Bertz CT molecular complexity index is 963. The van der Waals surface area contributed by atoms with Gasteiger partial charge in [0.25, 0.3) is 0 Å². The summed E-state index contributed by atoms with van der Waals surface area (Å²) in [6.07, 6.45) is 0. The summed E-state index contributed by atoms with van der Waals surface area (Å²) in [6.45, 7) is 4.18. The first kappa shape index (κ1) is 13.5. The lowest BCUT2D eigenvalue weighted by molar-refractivity contribution is 1.29. The highest BCUT2D eigenvalue weighted by atomic mass is 35.5. The molecule has 2 aromatic carbocycles. The molecular formula is C16H13ClN4S. The number of imidazole rings is 1. The molecule has 22 heavy (non-hydrogen) atoms. The van der Waals surface area contributed by atoms with Crippen LogP contribution in [0.1, 0.15) is 11.1 Å². The van der Waals surface area contributed by atoms with E-state index in [0.29, 0.717) is 11.0 Å². The molecule has 0 saturated heterocycles. The Labute approximate surface area is 136 Å². The molecular weight excluding hydrogens is 316 g/mol. The van der Waals surface area contributed by atoms with Gasteiger partial charge < -0.3 is 10.3 Å². The molecule has 4 rings (SSSR count). The van der Waals surface area contributed by atoms with Crippen LogP contribution in [0.25, 0.3) is 21.3 Å². The van der Waals surface area contributed by atoms with E-state index in [4.69, 9.17) is 11.6 Å². The molecule has 0 radical (unpaired) electrons. The molecule has 110 valence electrons. The number of aromatic nitrogens is 3. The van der Waals surface area contributed by atoms with Crippen molar-refractivity contribution in [2.45, 2.75) is 13.8 Å². The number of halogens is 1. The summed E-state index contributed by atoms with van der Waals surface area (Å²) in [4.78, 5) is 12.4. The number of fused-ring (bicyclic) bond motifs is 2. The maximum Gasteiger partial charge on any atom is 0.207 e. The fourth-order valence-electron chi connectivity index (χ4n) is 2.40. The van der Waals surface area contributed by atoms with E-state index in [-0.39, 0.29) is 0 Å². The summed E-state index contributed by atoms with van der Waals surface area (Å²) in [6, 6.07) is 9.98. The first-order chi connectivity index (χ1) is 10.6. The van der Waals surface area contributed by atoms with Crippen molar-refractivity contribution >= 4 is 55.3 Å². The number of hydrogen-bond acceptors (Lipinski definition) is 4. The fraction of sp³-hybridized carbons (Fsp3) is 0.125. The van der Waals surface area contributed by atoms with Gasteiger partial charge in [-0.2, -0.15) is 0 Å². The molecule has 2 heterocycles. The second-order valence-corrected chi connectivity index (χ2v) is 6.71. The van der Waals surface area contributed by atoms with Crippen molar-refractivity contribution in [3.05, 3.63) is 46.5 Å². The van der Waals surface area contributed by atoms with E-state index in [1.165, 1.54) is 11.1 Å². The SMILES string of the molecule is Cc1cc2nc(Nc3nc4c(Cl)cccc4s3)[nH]c2cc1C. The van der Waals surface area contributed by atoms with Gasteiger partial charge in [0.05, 0.1) is 20.8 Å². The van der Waals surface area contributed by atoms with Gasteiger partial charge in [-0.3, -0.25) is 0 Å². The Morgan fingerprint density at radius 3 is 2.77 bits per heavy atom. The Kier molecular flexibility index (Phi) is 3.06. The molecule has 0 bridgehead atoms. The van der Waals surface area contributed by atoms with Crippen molar-refractivity contribution in [2.75, 3.05) is 5.32 Å². The Hall–Kier alpha value is -2.11. The number of para-hydroxylation sites is 1. The molecule has 2 N–H and O–H groups in total. The van der Waals surface area contributed by atoms with Crippen LogP contribution < -0.4 is 5.32 Å². The summed E-state index contributed by atoms with van der Waals surface area (Å²) >= 11 is 7.72. The summed E-state index contributed by atoms with van der Waals surface area (Å²) in [5, 5.41) is 4.67. The van der Waals surface area contributed by atoms with Gasteiger partial charge in [-0.05, 0) is 49.2 Å². The van der Waals surface area contributed by atoms with Crippen molar-refractivity contribution in [1.29, 1.82) is 0 Å². The lowest BCUT2D eigenvalue weighted by atomic mass is 10.1. The number of H-pyrrole nitrogens is 1. The van der Waals surface area contributed by atoms with E-state index < -0.39 is 0 Å². The van der Waals surface area contributed by atoms with Gasteiger partial charge in [-0.1, -0.05) is 29.0 Å². The number of nitrogens with zero attached hydrogens (tertiary/aromatic N) is 2. The summed E-state index contributed by atoms with van der Waals surface area (Å²) in [7, 11) is 0. The lowest BCUT2D eigenvalue weighted by Crippen LogP contribution is -1.90. The summed E-state index contributed by atoms with van der Waals surface area (Å²) in [5.41, 5.74) is 5.26. The second kappa shape index (κ2) is 4.97. The number of aryl methyl sites for hydroxylation is 2. The van der Waals surface area contributed by atoms with Gasteiger partial charge in [0.15, 0.2) is 5.13 Å². The van der Waals surface area contributed by atoms with E-state index in [0.717, 1.165) is 26.4 Å². The van der Waals surface area contributed by atoms with Crippen molar-refractivity contribution in [3.8, 4) is 0 Å². The molecule has 0 aliphatic rings. The number of rotatable bonds is 2. The Morgan fingerprint density at radius 2 is 1.95 bits per heavy atom. The predicted molar refractivity (Wildman–Crippen MR) is 93.5 cm³/mol. The smallest absolute Gasteiger partial charge is 0.207 e. The first-order valence-electron chi connectivity index (χ1n) is 6.89. The molecule has 2 aromatic heterocycles. The van der Waals surface area contributed by atoms with E-state index >= 15 is 0 Å². The Morgan fingerprint density at radius 1 is 1.14 bits per heavy atom. The largest absolute Gasteiger partial charge is 0.324 e. The topological polar surface area (TPSA) is 53.6 Å². The zero-order valence-corrected chi connectivity index (χ0v) is 13.6. The molecule has 6 heteroatoms. The highest BCUT2D eigenvalue weighted by molar-refractivity contribution is 7.22. The van der Waals surface area contributed by atoms with Gasteiger partial charge in [0.1, 0.15) is 5.52 Å². The van der Waals surface area contributed by atoms with E-state index in [1.54, 1.807) is 11.3 Å². The van der Waals surface area contributed by atoms with Crippen LogP contribution in [0.5, 0.6) is 0 Å². The third kappa shape index (κ3) is 2.23. The molecule has 0 spiro atoms. The van der Waals surface area contributed by atoms with Crippen LogP contribution >= 0.6 is 22.9 Å². The molecule has 0 saturated carbocycles. The second-order valence-electron chi connectivity index (χ2n) is 5.27. The fourth-order valence-corrected chi connectivity index (χ4v) is 3.56. The average molecular weight is 329 g/mol. The highest BCUT2D eigenvalue weighted by Crippen LogP contribution is 2.32. The lowest BCUT2D eigenvalue weighted by Gasteiger charge is -1.97. The minimum absolute atomic E-state index is 0.664. The molecule has 4 nitrogen and oxygen atoms in total. The van der Waals surface area contributed by atoms with Crippen LogP contribution in [0.4, 0.5) is 11.1 Å². The van der Waals surface area contributed by atoms with Crippen molar-refractivity contribution < 1.29 is 0 Å². The van der Waals surface area contributed by atoms with Crippen LogP contribution in [-0.2, 0) is 0 Å². The van der Waals surface area contributed by atoms with E-state index in [1.807, 2.05) is 18.2 Å². The molecule has 0 atom stereocenters. The molecule has 0 unspecified atom stereocenters. The van der Waals surface area contributed by atoms with Crippen LogP contribution in [0.15, 0.2) is 30.3 Å². The van der Waals surface area contributed by atoms with Gasteiger partial charge in [-0.25, -0.2) is 9.97 Å². The van der Waals surface area contributed by atoms with Gasteiger partial charge >= 0.3 is 0 Å². The number of hydrogen-bond donors (Lipinski definition) is 2. The van der Waals surface area contributed by atoms with E-state index in [2.05, 4.69) is 46.2 Å². The van der Waals surface area contributed by atoms with Crippen LogP contribution in [0, 0.1) is 13.8 Å². The van der Waals surface area contributed by atoms with Gasteiger partial charge in [-0.15, -0.1) is 0 Å². The number of thiazole rings is 1. The minimum atomic E-state index is 0.664. The number of nitrogens with one attached hydrogen (secondary N) is 2. The van der Waals surface area contributed by atoms with Crippen molar-refractivity contribution in [2.24, 2.45) is 0 Å². The highest BCUT2D eigenvalue weighted by Gasteiger charge is 2.09. The maximum atomic E-state index is 6.17. The molecule has 0 aliphatic carbocycles. The van der Waals surface area contributed by atoms with Crippen LogP contribution in [0.3, 0.4) is 0 Å². The van der Waals surface area contributed by atoms with E-state index in [9.17, 15) is 0 Å². The molecule has 0 aliphatic heterocycles. The first-order valence-corrected chi connectivity index (χ1v) is 8.08. The third-order valence-corrected chi connectivity index (χ3v) is 4.93. The maximum absolute atomic E-state index is 6.17. The number of aromatic amines is 1. The molecule has 4 aromatic rings. The zero-order chi connectivity index (χ0) is 15.3. The van der Waals surface area contributed by atoms with Gasteiger partial charge in [0.2, 0.25) is 5.95 Å². The van der Waals surface area contributed by atoms with Crippen molar-refractivity contribution in [3.63, 3.8) is 0 Å². The standard InChI is InChI=1S/C16H13ClN4S/c1-8-6-11-12(7-9(8)2)19-15(18-11)21-16-20-14-10(17)4-3-5-13(14)22-16/h3-7H,1-2H3,(H2,18,19,20,21). The monoisotopic (exact) mass is 328 g/mol. The zero-order valence-electron chi connectivity index (χ0n) is 12.1. The average Bonchev–Trinajstić information content (AvgIpc) is 3.04. The van der Waals surface area contributed by atoms with Crippen LogP contribution in [0.2, 0.25) is 5.02 Å². The van der Waals surface area contributed by atoms with Crippen LogP contribution in [-0.4, -0.2) is 15.0 Å². The van der Waals surface area contributed by atoms with Gasteiger partial charge in [0, 0.05) is 0 Å². The number of benzene rings is 2. The summed E-state index contributed by atoms with van der Waals surface area (Å²) < 4.78 is 1.05. The summed E-state index contributed by atoms with van der Waals surface area (Å²) in [5.74, 6) is 0.690. The minimum Gasteiger partial charge on any atom is -0.324 e. The third-order valence-electron chi connectivity index (χ3n) is 3.69. The number of anilines is 2. The molecule has 0 fully saturated rings. The predicted octanol–water partition coefficient (Wildman–Crippen LogP) is 5.19. The Balaban J connectivity index is 1.74. The van der Waals surface area contributed by atoms with Crippen molar-refractivity contribution in [1.82, 2.24) is 15.0 Å². The quantitative estimate of drug-likeness (QED) is 0.532.